The summed E-state index contributed by atoms with van der Waals surface area (Å²) in [5.74, 6) is -1.63. The number of carbonyl (C=O) groups excluding carboxylic acids is 2. The molecule has 0 heterocycles. The van der Waals surface area contributed by atoms with Gasteiger partial charge in [-0.3, -0.25) is 20.4 Å². The van der Waals surface area contributed by atoms with Crippen LogP contribution in [0, 0.1) is 5.82 Å². The van der Waals surface area contributed by atoms with Crippen LogP contribution in [0.5, 0.6) is 11.5 Å². The van der Waals surface area contributed by atoms with E-state index in [1.165, 1.54) is 50.4 Å². The molecule has 2 N–H and O–H groups in total. The van der Waals surface area contributed by atoms with E-state index in [1.54, 1.807) is 6.07 Å². The molecule has 0 aliphatic rings. The van der Waals surface area contributed by atoms with Crippen LogP contribution in [0.3, 0.4) is 0 Å². The molecule has 0 spiro atoms. The molecule has 25 heavy (non-hydrogen) atoms. The van der Waals surface area contributed by atoms with Gasteiger partial charge in [-0.05, 0) is 37.3 Å². The van der Waals surface area contributed by atoms with Crippen molar-refractivity contribution in [1.29, 1.82) is 0 Å². The second-order valence-electron chi connectivity index (χ2n) is 4.98. The molecule has 132 valence electrons. The molecule has 0 bridgehead atoms. The molecule has 2 rings (SSSR count). The van der Waals surface area contributed by atoms with E-state index in [2.05, 4.69) is 10.9 Å². The third-order valence-corrected chi connectivity index (χ3v) is 3.45. The van der Waals surface area contributed by atoms with Gasteiger partial charge >= 0.3 is 0 Å². The van der Waals surface area contributed by atoms with Crippen LogP contribution in [0.2, 0.25) is 5.02 Å². The zero-order valence-corrected chi connectivity index (χ0v) is 14.3. The highest BCUT2D eigenvalue weighted by atomic mass is 35.5. The maximum absolute atomic E-state index is 13.5. The lowest BCUT2D eigenvalue weighted by Crippen LogP contribution is -2.47. The average molecular weight is 367 g/mol. The minimum absolute atomic E-state index is 0.0594. The Morgan fingerprint density at radius 3 is 2.52 bits per heavy atom. The van der Waals surface area contributed by atoms with Gasteiger partial charge in [0.15, 0.2) is 17.7 Å². The minimum Gasteiger partial charge on any atom is -0.496 e. The lowest BCUT2D eigenvalue weighted by atomic mass is 10.2. The van der Waals surface area contributed by atoms with Crippen molar-refractivity contribution in [3.63, 3.8) is 0 Å². The third kappa shape index (κ3) is 4.84. The number of nitrogens with one attached hydrogen (secondary N) is 2. The van der Waals surface area contributed by atoms with Gasteiger partial charge in [-0.25, -0.2) is 4.39 Å². The van der Waals surface area contributed by atoms with E-state index >= 15 is 0 Å². The molecule has 0 saturated heterocycles. The van der Waals surface area contributed by atoms with Gasteiger partial charge in [0.2, 0.25) is 0 Å². The summed E-state index contributed by atoms with van der Waals surface area (Å²) in [7, 11) is 1.39. The molecule has 0 fully saturated rings. The van der Waals surface area contributed by atoms with Crippen molar-refractivity contribution < 1.29 is 23.5 Å². The number of ether oxygens (including phenoxy) is 2. The van der Waals surface area contributed by atoms with Gasteiger partial charge in [-0.15, -0.1) is 0 Å². The van der Waals surface area contributed by atoms with E-state index in [-0.39, 0.29) is 17.1 Å². The number of methoxy groups -OCH3 is 1. The highest BCUT2D eigenvalue weighted by Crippen LogP contribution is 2.22. The van der Waals surface area contributed by atoms with Crippen LogP contribution in [-0.4, -0.2) is 25.0 Å². The largest absolute Gasteiger partial charge is 0.496 e. The number of rotatable bonds is 5. The maximum Gasteiger partial charge on any atom is 0.279 e. The number of hydrogen-bond acceptors (Lipinski definition) is 4. The number of hydrazine groups is 1. The lowest BCUT2D eigenvalue weighted by Gasteiger charge is -2.16. The van der Waals surface area contributed by atoms with E-state index in [0.29, 0.717) is 5.02 Å². The van der Waals surface area contributed by atoms with Gasteiger partial charge in [0.05, 0.1) is 12.7 Å². The highest BCUT2D eigenvalue weighted by molar-refractivity contribution is 6.30. The van der Waals surface area contributed by atoms with Gasteiger partial charge < -0.3 is 9.47 Å². The van der Waals surface area contributed by atoms with Crippen LogP contribution in [-0.2, 0) is 4.79 Å². The Bertz CT molecular complexity index is 785. The number of para-hydroxylation sites is 1. The Kier molecular flexibility index (Phi) is 6.19. The summed E-state index contributed by atoms with van der Waals surface area (Å²) in [6, 6.07) is 10.2. The Balaban J connectivity index is 1.95. The van der Waals surface area contributed by atoms with E-state index in [0.717, 1.165) is 0 Å². The number of halogens is 2. The fraction of sp³-hybridized carbons (Fsp3) is 0.176. The van der Waals surface area contributed by atoms with Crippen LogP contribution in [0.25, 0.3) is 0 Å². The summed E-state index contributed by atoms with van der Waals surface area (Å²) in [4.78, 5) is 24.1. The summed E-state index contributed by atoms with van der Waals surface area (Å²) >= 11 is 5.83. The quantitative estimate of drug-likeness (QED) is 0.798. The predicted octanol–water partition coefficient (Wildman–Crippen LogP) is 2.72. The third-order valence-electron chi connectivity index (χ3n) is 3.22. The Morgan fingerprint density at radius 1 is 1.12 bits per heavy atom. The van der Waals surface area contributed by atoms with E-state index < -0.39 is 23.7 Å². The molecule has 0 aromatic heterocycles. The van der Waals surface area contributed by atoms with Gasteiger partial charge in [-0.1, -0.05) is 23.7 Å². The van der Waals surface area contributed by atoms with Crippen LogP contribution in [0.1, 0.15) is 17.3 Å². The van der Waals surface area contributed by atoms with Crippen molar-refractivity contribution in [2.24, 2.45) is 0 Å². The first kappa shape index (κ1) is 18.5. The lowest BCUT2D eigenvalue weighted by molar-refractivity contribution is -0.128. The highest BCUT2D eigenvalue weighted by Gasteiger charge is 2.18. The van der Waals surface area contributed by atoms with Gasteiger partial charge in [0, 0.05) is 5.02 Å². The zero-order valence-electron chi connectivity index (χ0n) is 13.5. The van der Waals surface area contributed by atoms with Gasteiger partial charge in [0.25, 0.3) is 11.8 Å². The number of benzene rings is 2. The molecule has 0 radical (unpaired) electrons. The molecule has 8 heteroatoms. The normalized spacial score (nSPS) is 11.4. The molecule has 1 atom stereocenters. The first-order chi connectivity index (χ1) is 11.9. The number of amides is 2. The standard InChI is InChI=1S/C17H16ClFN2O4/c1-10(25-14-6-4-3-5-13(14)19)16(22)20-21-17(23)12-8-7-11(18)9-15(12)24-2/h3-10H,1-2H3,(H,20,22)(H,21,23). The summed E-state index contributed by atoms with van der Waals surface area (Å²) in [6.45, 7) is 1.43. The van der Waals surface area contributed by atoms with Gasteiger partial charge in [0.1, 0.15) is 5.75 Å². The molecular formula is C17H16ClFN2O4. The molecule has 0 aliphatic heterocycles. The summed E-state index contributed by atoms with van der Waals surface area (Å²) in [6.07, 6.45) is -1.02. The SMILES string of the molecule is COc1cc(Cl)ccc1C(=O)NNC(=O)C(C)Oc1ccccc1F. The Hall–Kier alpha value is -2.80. The monoisotopic (exact) mass is 366 g/mol. The van der Waals surface area contributed by atoms with E-state index in [9.17, 15) is 14.0 Å². The molecular weight excluding hydrogens is 351 g/mol. The van der Waals surface area contributed by atoms with Crippen molar-refractivity contribution in [2.75, 3.05) is 7.11 Å². The van der Waals surface area contributed by atoms with Crippen LogP contribution >= 0.6 is 11.6 Å². The van der Waals surface area contributed by atoms with Crippen molar-refractivity contribution in [2.45, 2.75) is 13.0 Å². The van der Waals surface area contributed by atoms with Crippen molar-refractivity contribution >= 4 is 23.4 Å². The summed E-state index contributed by atoms with van der Waals surface area (Å²) in [5, 5.41) is 0.407. The summed E-state index contributed by atoms with van der Waals surface area (Å²) < 4.78 is 23.8. The zero-order chi connectivity index (χ0) is 18.4. The average Bonchev–Trinajstić information content (AvgIpc) is 2.61. The van der Waals surface area contributed by atoms with Crippen LogP contribution < -0.4 is 20.3 Å². The number of hydrogen-bond donors (Lipinski definition) is 2. The first-order valence-electron chi connectivity index (χ1n) is 7.27. The topological polar surface area (TPSA) is 76.7 Å². The Morgan fingerprint density at radius 2 is 1.84 bits per heavy atom. The Labute approximate surface area is 148 Å². The maximum atomic E-state index is 13.5. The predicted molar refractivity (Wildman–Crippen MR) is 90.1 cm³/mol. The van der Waals surface area contributed by atoms with Crippen LogP contribution in [0.15, 0.2) is 42.5 Å². The number of carbonyl (C=O) groups is 2. The fourth-order valence-electron chi connectivity index (χ4n) is 1.92. The fourth-order valence-corrected chi connectivity index (χ4v) is 2.09. The molecule has 2 amide bonds. The minimum atomic E-state index is -1.02. The summed E-state index contributed by atoms with van der Waals surface area (Å²) in [5.41, 5.74) is 4.64. The van der Waals surface area contributed by atoms with E-state index in [4.69, 9.17) is 21.1 Å². The second kappa shape index (κ2) is 8.34. The van der Waals surface area contributed by atoms with Crippen molar-refractivity contribution in [3.8, 4) is 11.5 Å². The molecule has 0 aliphatic carbocycles. The van der Waals surface area contributed by atoms with Crippen LogP contribution in [0.4, 0.5) is 4.39 Å². The van der Waals surface area contributed by atoms with Gasteiger partial charge in [-0.2, -0.15) is 0 Å². The first-order valence-corrected chi connectivity index (χ1v) is 7.65. The molecule has 2 aromatic rings. The molecule has 0 saturated carbocycles. The van der Waals surface area contributed by atoms with Crippen molar-refractivity contribution in [1.82, 2.24) is 10.9 Å². The molecule has 1 unspecified atom stereocenters. The van der Waals surface area contributed by atoms with Crippen molar-refractivity contribution in [3.05, 3.63) is 58.9 Å². The van der Waals surface area contributed by atoms with E-state index in [1.807, 2.05) is 0 Å². The second-order valence-corrected chi connectivity index (χ2v) is 5.41. The molecule has 2 aromatic carbocycles. The smallest absolute Gasteiger partial charge is 0.279 e. The molecule has 6 nitrogen and oxygen atoms in total.